The highest BCUT2D eigenvalue weighted by Crippen LogP contribution is 2.26. The molecule has 1 N–H and O–H groups in total. The first-order chi connectivity index (χ1) is 9.09. The van der Waals surface area contributed by atoms with Crippen LogP contribution in [0, 0.1) is 0 Å². The van der Waals surface area contributed by atoms with Gasteiger partial charge in [0.2, 0.25) is 0 Å². The predicted octanol–water partition coefficient (Wildman–Crippen LogP) is 2.83. The Bertz CT molecular complexity index is 447. The van der Waals surface area contributed by atoms with Crippen molar-refractivity contribution in [2.75, 3.05) is 20.3 Å². The molecule has 1 aliphatic rings. The first kappa shape index (κ1) is 14.2. The van der Waals surface area contributed by atoms with Crippen molar-refractivity contribution in [2.24, 2.45) is 0 Å². The second kappa shape index (κ2) is 6.26. The van der Waals surface area contributed by atoms with E-state index in [0.29, 0.717) is 18.2 Å². The number of urea groups is 1. The van der Waals surface area contributed by atoms with Crippen LogP contribution in [-0.4, -0.2) is 37.2 Å². The van der Waals surface area contributed by atoms with Gasteiger partial charge >= 0.3 is 6.03 Å². The van der Waals surface area contributed by atoms with Crippen LogP contribution in [0.1, 0.15) is 24.9 Å². The molecular formula is C14H19ClN2O2. The summed E-state index contributed by atoms with van der Waals surface area (Å²) in [5.41, 5.74) is 0.949. The van der Waals surface area contributed by atoms with Crippen molar-refractivity contribution < 1.29 is 9.53 Å². The number of carbonyl (C=O) groups is 1. The minimum atomic E-state index is -0.0945. The summed E-state index contributed by atoms with van der Waals surface area (Å²) in [6.07, 6.45) is 0.875. The molecule has 0 radical (unpaired) electrons. The van der Waals surface area contributed by atoms with Crippen molar-refractivity contribution in [3.63, 3.8) is 0 Å². The topological polar surface area (TPSA) is 41.6 Å². The van der Waals surface area contributed by atoms with Gasteiger partial charge in [-0.05, 0) is 25.0 Å². The molecule has 19 heavy (non-hydrogen) atoms. The zero-order valence-corrected chi connectivity index (χ0v) is 12.0. The summed E-state index contributed by atoms with van der Waals surface area (Å²) < 4.78 is 5.25. The molecule has 0 aromatic heterocycles. The van der Waals surface area contributed by atoms with Crippen LogP contribution >= 0.6 is 11.6 Å². The van der Waals surface area contributed by atoms with Crippen LogP contribution in [0.2, 0.25) is 5.02 Å². The van der Waals surface area contributed by atoms with E-state index < -0.39 is 0 Å². The molecule has 1 aromatic carbocycles. The Morgan fingerprint density at radius 3 is 2.89 bits per heavy atom. The van der Waals surface area contributed by atoms with Crippen LogP contribution in [0.15, 0.2) is 24.3 Å². The maximum absolute atomic E-state index is 12.1. The molecule has 4 nitrogen and oxygen atoms in total. The Morgan fingerprint density at radius 2 is 2.26 bits per heavy atom. The fourth-order valence-corrected chi connectivity index (χ4v) is 2.42. The lowest BCUT2D eigenvalue weighted by Crippen LogP contribution is -2.44. The number of rotatable bonds is 3. The molecule has 104 valence electrons. The molecule has 1 saturated heterocycles. The normalized spacial score (nSPS) is 20.1. The van der Waals surface area contributed by atoms with E-state index in [0.717, 1.165) is 12.0 Å². The standard InChI is InChI=1S/C14H19ClN2O2/c1-10(12-5-3-4-6-13(12)15)17(2)14(18)16-11-7-8-19-9-11/h3-6,10-11H,7-9H2,1-2H3,(H,16,18). The number of carbonyl (C=O) groups excluding carboxylic acids is 1. The van der Waals surface area contributed by atoms with Gasteiger partial charge in [0.25, 0.3) is 0 Å². The molecule has 1 heterocycles. The second-order valence-corrected chi connectivity index (χ2v) is 5.23. The zero-order chi connectivity index (χ0) is 13.8. The molecule has 5 heteroatoms. The van der Waals surface area contributed by atoms with Gasteiger partial charge in [0, 0.05) is 18.7 Å². The molecule has 1 aromatic rings. The number of ether oxygens (including phenoxy) is 1. The van der Waals surface area contributed by atoms with Gasteiger partial charge in [-0.2, -0.15) is 0 Å². The summed E-state index contributed by atoms with van der Waals surface area (Å²) >= 11 is 6.16. The number of nitrogens with one attached hydrogen (secondary N) is 1. The van der Waals surface area contributed by atoms with Gasteiger partial charge < -0.3 is 15.0 Å². The number of halogens is 1. The third kappa shape index (κ3) is 3.39. The predicted molar refractivity (Wildman–Crippen MR) is 75.4 cm³/mol. The average Bonchev–Trinajstić information content (AvgIpc) is 2.90. The van der Waals surface area contributed by atoms with Gasteiger partial charge in [-0.15, -0.1) is 0 Å². The summed E-state index contributed by atoms with van der Waals surface area (Å²) in [5, 5.41) is 3.65. The fourth-order valence-electron chi connectivity index (χ4n) is 2.12. The van der Waals surface area contributed by atoms with Gasteiger partial charge in [0.05, 0.1) is 18.7 Å². The van der Waals surface area contributed by atoms with Gasteiger partial charge in [-0.1, -0.05) is 29.8 Å². The van der Waals surface area contributed by atoms with E-state index in [1.165, 1.54) is 0 Å². The van der Waals surface area contributed by atoms with Gasteiger partial charge in [-0.3, -0.25) is 0 Å². The van der Waals surface area contributed by atoms with Gasteiger partial charge in [-0.25, -0.2) is 4.79 Å². The smallest absolute Gasteiger partial charge is 0.317 e. The summed E-state index contributed by atoms with van der Waals surface area (Å²) in [6, 6.07) is 7.54. The lowest BCUT2D eigenvalue weighted by atomic mass is 10.1. The van der Waals surface area contributed by atoms with E-state index in [-0.39, 0.29) is 18.1 Å². The Labute approximate surface area is 118 Å². The number of hydrogen-bond acceptors (Lipinski definition) is 2. The Hall–Kier alpha value is -1.26. The van der Waals surface area contributed by atoms with Crippen molar-refractivity contribution in [3.05, 3.63) is 34.9 Å². The second-order valence-electron chi connectivity index (χ2n) is 4.82. The maximum atomic E-state index is 12.1. The van der Waals surface area contributed by atoms with Crippen LogP contribution < -0.4 is 5.32 Å². The monoisotopic (exact) mass is 282 g/mol. The van der Waals surface area contributed by atoms with Crippen LogP contribution in [0.5, 0.6) is 0 Å². The molecule has 0 bridgehead atoms. The van der Waals surface area contributed by atoms with Crippen LogP contribution in [-0.2, 0) is 4.74 Å². The van der Waals surface area contributed by atoms with Crippen molar-refractivity contribution in [1.29, 1.82) is 0 Å². The van der Waals surface area contributed by atoms with Crippen molar-refractivity contribution >= 4 is 17.6 Å². The van der Waals surface area contributed by atoms with Crippen molar-refractivity contribution in [2.45, 2.75) is 25.4 Å². The van der Waals surface area contributed by atoms with Crippen molar-refractivity contribution in [3.8, 4) is 0 Å². The molecule has 0 aliphatic carbocycles. The first-order valence-electron chi connectivity index (χ1n) is 6.45. The highest BCUT2D eigenvalue weighted by atomic mass is 35.5. The summed E-state index contributed by atoms with van der Waals surface area (Å²) in [6.45, 7) is 3.28. The summed E-state index contributed by atoms with van der Waals surface area (Å²) in [7, 11) is 1.78. The lowest BCUT2D eigenvalue weighted by Gasteiger charge is -2.27. The van der Waals surface area contributed by atoms with E-state index in [1.54, 1.807) is 11.9 Å². The molecule has 0 spiro atoms. The molecule has 2 unspecified atom stereocenters. The number of amides is 2. The molecule has 2 atom stereocenters. The number of hydrogen-bond donors (Lipinski definition) is 1. The van der Waals surface area contributed by atoms with Crippen LogP contribution in [0.3, 0.4) is 0 Å². The quantitative estimate of drug-likeness (QED) is 0.926. The molecule has 2 amide bonds. The molecular weight excluding hydrogens is 264 g/mol. The lowest BCUT2D eigenvalue weighted by molar-refractivity contribution is 0.176. The molecule has 1 aliphatic heterocycles. The first-order valence-corrected chi connectivity index (χ1v) is 6.83. The van der Waals surface area contributed by atoms with Gasteiger partial charge in [0.1, 0.15) is 0 Å². The van der Waals surface area contributed by atoms with E-state index in [2.05, 4.69) is 5.32 Å². The largest absolute Gasteiger partial charge is 0.379 e. The Balaban J connectivity index is 2.00. The minimum absolute atomic E-state index is 0.0731. The minimum Gasteiger partial charge on any atom is -0.379 e. The fraction of sp³-hybridized carbons (Fsp3) is 0.500. The molecule has 1 fully saturated rings. The average molecular weight is 283 g/mol. The summed E-state index contributed by atoms with van der Waals surface area (Å²) in [5.74, 6) is 0. The maximum Gasteiger partial charge on any atom is 0.317 e. The third-order valence-corrected chi connectivity index (χ3v) is 3.86. The Kier molecular flexibility index (Phi) is 4.66. The van der Waals surface area contributed by atoms with Gasteiger partial charge in [0.15, 0.2) is 0 Å². The number of nitrogens with zero attached hydrogens (tertiary/aromatic N) is 1. The van der Waals surface area contributed by atoms with Crippen LogP contribution in [0.25, 0.3) is 0 Å². The van der Waals surface area contributed by atoms with E-state index >= 15 is 0 Å². The highest BCUT2D eigenvalue weighted by Gasteiger charge is 2.23. The molecule has 2 rings (SSSR count). The highest BCUT2D eigenvalue weighted by molar-refractivity contribution is 6.31. The SMILES string of the molecule is CC(c1ccccc1Cl)N(C)C(=O)NC1CCOC1. The number of benzene rings is 1. The summed E-state index contributed by atoms with van der Waals surface area (Å²) in [4.78, 5) is 13.8. The Morgan fingerprint density at radius 1 is 1.53 bits per heavy atom. The van der Waals surface area contributed by atoms with E-state index in [1.807, 2.05) is 31.2 Å². The zero-order valence-electron chi connectivity index (χ0n) is 11.2. The van der Waals surface area contributed by atoms with E-state index in [4.69, 9.17) is 16.3 Å². The van der Waals surface area contributed by atoms with Crippen molar-refractivity contribution in [1.82, 2.24) is 10.2 Å². The van der Waals surface area contributed by atoms with E-state index in [9.17, 15) is 4.79 Å². The molecule has 0 saturated carbocycles. The third-order valence-electron chi connectivity index (χ3n) is 3.51. The van der Waals surface area contributed by atoms with Crippen LogP contribution in [0.4, 0.5) is 4.79 Å².